The molecule has 0 amide bonds. The first-order chi connectivity index (χ1) is 7.99. The van der Waals surface area contributed by atoms with Gasteiger partial charge in [-0.1, -0.05) is 0 Å². The van der Waals surface area contributed by atoms with Crippen LogP contribution in [0.3, 0.4) is 0 Å². The van der Waals surface area contributed by atoms with E-state index < -0.39 is 18.1 Å². The summed E-state index contributed by atoms with van der Waals surface area (Å²) in [7, 11) is 0. The molecule has 1 aromatic heterocycles. The minimum absolute atomic E-state index is 0. The van der Waals surface area contributed by atoms with Crippen LogP contribution in [0.5, 0.6) is 0 Å². The summed E-state index contributed by atoms with van der Waals surface area (Å²) in [4.78, 5) is 3.79. The molecule has 0 saturated heterocycles. The maximum absolute atomic E-state index is 9.62. The van der Waals surface area contributed by atoms with E-state index in [0.717, 1.165) is 0 Å². The second kappa shape index (κ2) is 7.10. The Hall–Kier alpha value is -1.43. The van der Waals surface area contributed by atoms with Crippen LogP contribution < -0.4 is 0 Å². The largest absolute Gasteiger partial charge is 0.393 e. The maximum atomic E-state index is 9.62. The van der Waals surface area contributed by atoms with Gasteiger partial charge in [-0.15, -0.1) is 0 Å². The third-order valence-electron chi connectivity index (χ3n) is 2.50. The van der Waals surface area contributed by atoms with Gasteiger partial charge in [-0.25, -0.2) is 4.98 Å². The summed E-state index contributed by atoms with van der Waals surface area (Å²) >= 11 is 0. The normalized spacial score (nSPS) is 14.6. The van der Waals surface area contributed by atoms with Crippen molar-refractivity contribution >= 4 is 0 Å². The van der Waals surface area contributed by atoms with Crippen LogP contribution in [-0.2, 0) is 17.1 Å². The van der Waals surface area contributed by atoms with E-state index in [9.17, 15) is 10.2 Å². The van der Waals surface area contributed by atoms with Crippen LogP contribution in [0, 0.1) is 22.7 Å². The van der Waals surface area contributed by atoms with Gasteiger partial charge in [0.1, 0.15) is 23.5 Å². The Morgan fingerprint density at radius 3 is 1.72 bits per heavy atom. The van der Waals surface area contributed by atoms with Gasteiger partial charge >= 0.3 is 0 Å². The number of aliphatic hydroxyl groups is 2. The molecule has 2 unspecified atom stereocenters. The predicted molar refractivity (Wildman–Crippen MR) is 59.8 cm³/mol. The molecule has 1 aromatic rings. The van der Waals surface area contributed by atoms with Gasteiger partial charge in [-0.3, -0.25) is 0 Å². The first-order valence-corrected chi connectivity index (χ1v) is 5.18. The molecule has 1 radical (unpaired) electrons. The van der Waals surface area contributed by atoms with E-state index in [4.69, 9.17) is 10.5 Å². The SMILES string of the molecule is CC(O)C(c1cc(C#N)nc(C#N)c1)C(C)O.[Cu]. The van der Waals surface area contributed by atoms with Crippen molar-refractivity contribution in [1.82, 2.24) is 4.98 Å². The number of aromatic nitrogens is 1. The smallest absolute Gasteiger partial charge is 0.142 e. The molecule has 18 heavy (non-hydrogen) atoms. The van der Waals surface area contributed by atoms with Crippen LogP contribution in [-0.4, -0.2) is 27.4 Å². The van der Waals surface area contributed by atoms with Crippen molar-refractivity contribution in [3.05, 3.63) is 29.1 Å². The van der Waals surface area contributed by atoms with E-state index >= 15 is 0 Å². The number of hydrogen-bond donors (Lipinski definition) is 2. The molecule has 0 aliphatic heterocycles. The first-order valence-electron chi connectivity index (χ1n) is 5.18. The van der Waals surface area contributed by atoms with Gasteiger partial charge in [0.25, 0.3) is 0 Å². The molecule has 0 aromatic carbocycles. The van der Waals surface area contributed by atoms with Crippen molar-refractivity contribution in [1.29, 1.82) is 10.5 Å². The molecule has 0 saturated carbocycles. The van der Waals surface area contributed by atoms with Crippen LogP contribution in [0.4, 0.5) is 0 Å². The Balaban J connectivity index is 0.00000289. The van der Waals surface area contributed by atoms with Gasteiger partial charge in [-0.2, -0.15) is 10.5 Å². The van der Waals surface area contributed by atoms with E-state index in [-0.39, 0.29) is 28.5 Å². The van der Waals surface area contributed by atoms with Crippen LogP contribution >= 0.6 is 0 Å². The predicted octanol–water partition coefficient (Wildman–Crippen LogP) is 0.668. The molecule has 0 fully saturated rings. The summed E-state index contributed by atoms with van der Waals surface area (Å²) in [6, 6.07) is 6.65. The Labute approximate surface area is 116 Å². The number of pyridine rings is 1. The molecule has 1 rings (SSSR count). The van der Waals surface area contributed by atoms with Crippen molar-refractivity contribution in [2.24, 2.45) is 0 Å². The molecule has 1 heterocycles. The topological polar surface area (TPSA) is 101 Å². The van der Waals surface area contributed by atoms with Crippen molar-refractivity contribution in [2.75, 3.05) is 0 Å². The minimum Gasteiger partial charge on any atom is -0.393 e. The van der Waals surface area contributed by atoms with E-state index in [2.05, 4.69) is 4.98 Å². The van der Waals surface area contributed by atoms with Gasteiger partial charge in [0.15, 0.2) is 0 Å². The molecule has 6 heteroatoms. The molecular weight excluding hydrogens is 282 g/mol. The Kier molecular flexibility index (Phi) is 6.54. The number of rotatable bonds is 3. The molecule has 0 aliphatic carbocycles. The van der Waals surface area contributed by atoms with Crippen molar-refractivity contribution in [3.8, 4) is 12.1 Å². The first kappa shape index (κ1) is 16.6. The zero-order valence-corrected chi connectivity index (χ0v) is 10.9. The van der Waals surface area contributed by atoms with Crippen LogP contribution in [0.15, 0.2) is 12.1 Å². The number of hydrogen-bond acceptors (Lipinski definition) is 5. The average Bonchev–Trinajstić information content (AvgIpc) is 2.27. The van der Waals surface area contributed by atoms with Gasteiger partial charge in [0, 0.05) is 23.0 Å². The number of aliphatic hydroxyl groups excluding tert-OH is 2. The van der Waals surface area contributed by atoms with Gasteiger partial charge in [0.2, 0.25) is 0 Å². The van der Waals surface area contributed by atoms with Crippen molar-refractivity contribution in [2.45, 2.75) is 32.0 Å². The summed E-state index contributed by atoms with van der Waals surface area (Å²) in [6.07, 6.45) is -1.56. The molecule has 2 atom stereocenters. The quantitative estimate of drug-likeness (QED) is 0.798. The minimum atomic E-state index is -0.782. The Morgan fingerprint density at radius 1 is 1.06 bits per heavy atom. The standard InChI is InChI=1S/C12H13N3O2.Cu/c1-7(16)12(8(2)17)9-3-10(5-13)15-11(4-9)6-14;/h3-4,7-8,12,16-17H,1-2H3;. The second-order valence-electron chi connectivity index (χ2n) is 3.90. The average molecular weight is 295 g/mol. The summed E-state index contributed by atoms with van der Waals surface area (Å²) in [5, 5.41) is 36.8. The summed E-state index contributed by atoms with van der Waals surface area (Å²) in [5.41, 5.74) is 0.744. The fourth-order valence-electron chi connectivity index (χ4n) is 1.82. The van der Waals surface area contributed by atoms with Crippen molar-refractivity contribution in [3.63, 3.8) is 0 Å². The number of nitrogens with zero attached hydrogens (tertiary/aromatic N) is 3. The van der Waals surface area contributed by atoms with E-state index in [1.807, 2.05) is 12.1 Å². The van der Waals surface area contributed by atoms with E-state index in [1.54, 1.807) is 13.8 Å². The number of nitriles is 2. The Morgan fingerprint density at radius 2 is 1.44 bits per heavy atom. The third-order valence-corrected chi connectivity index (χ3v) is 2.50. The van der Waals surface area contributed by atoms with Gasteiger partial charge in [0.05, 0.1) is 12.2 Å². The zero-order chi connectivity index (χ0) is 13.0. The summed E-state index contributed by atoms with van der Waals surface area (Å²) in [6.45, 7) is 3.10. The van der Waals surface area contributed by atoms with E-state index in [1.165, 1.54) is 12.1 Å². The monoisotopic (exact) mass is 294 g/mol. The van der Waals surface area contributed by atoms with Gasteiger partial charge in [-0.05, 0) is 31.5 Å². The molecule has 2 N–H and O–H groups in total. The molecule has 99 valence electrons. The molecule has 0 aliphatic rings. The molecule has 5 nitrogen and oxygen atoms in total. The fraction of sp³-hybridized carbons (Fsp3) is 0.417. The molecular formula is C12H13CuN3O2. The van der Waals surface area contributed by atoms with Crippen LogP contribution in [0.25, 0.3) is 0 Å². The zero-order valence-electron chi connectivity index (χ0n) is 9.92. The van der Waals surface area contributed by atoms with Crippen LogP contribution in [0.2, 0.25) is 0 Å². The molecule has 0 bridgehead atoms. The third kappa shape index (κ3) is 3.80. The van der Waals surface area contributed by atoms with Crippen LogP contribution in [0.1, 0.15) is 36.7 Å². The summed E-state index contributed by atoms with van der Waals surface area (Å²) in [5.74, 6) is -0.544. The molecule has 0 spiro atoms. The fourth-order valence-corrected chi connectivity index (χ4v) is 1.82. The maximum Gasteiger partial charge on any atom is 0.142 e. The van der Waals surface area contributed by atoms with Gasteiger partial charge < -0.3 is 10.2 Å². The van der Waals surface area contributed by atoms with E-state index in [0.29, 0.717) is 5.56 Å². The Bertz CT molecular complexity index is 449. The van der Waals surface area contributed by atoms with Crippen molar-refractivity contribution < 1.29 is 27.3 Å². The summed E-state index contributed by atoms with van der Waals surface area (Å²) < 4.78 is 0. The second-order valence-corrected chi connectivity index (χ2v) is 3.90.